The molecule has 0 saturated heterocycles. The minimum Gasteiger partial charge on any atom is -0.383 e. The fraction of sp³-hybridized carbons (Fsp3) is 0. The zero-order chi connectivity index (χ0) is 13.1. The van der Waals surface area contributed by atoms with Gasteiger partial charge in [-0.15, -0.1) is 0 Å². The summed E-state index contributed by atoms with van der Waals surface area (Å²) >= 11 is 0. The molecule has 1 aromatic heterocycles. The summed E-state index contributed by atoms with van der Waals surface area (Å²) < 4.78 is 0. The zero-order valence-electron chi connectivity index (χ0n) is 10.3. The highest BCUT2D eigenvalue weighted by Gasteiger charge is 2.02. The van der Waals surface area contributed by atoms with Crippen LogP contribution >= 0.6 is 0 Å². The molecule has 0 amide bonds. The lowest BCUT2D eigenvalue weighted by Crippen LogP contribution is -2.12. The van der Waals surface area contributed by atoms with Gasteiger partial charge in [0.1, 0.15) is 5.84 Å². The maximum absolute atomic E-state index is 6.04. The zero-order valence-corrected chi connectivity index (χ0v) is 10.3. The molecular formula is C16H13N3. The standard InChI is InChI=1S/C16H13N3/c17-16(13-6-2-1-3-7-13)19-14-10-4-8-12-9-5-11-18-15(12)14/h1-11H,(H2,17,19). The van der Waals surface area contributed by atoms with Crippen LogP contribution in [0.5, 0.6) is 0 Å². The summed E-state index contributed by atoms with van der Waals surface area (Å²) in [7, 11) is 0. The first kappa shape index (κ1) is 11.4. The number of rotatable bonds is 2. The Balaban J connectivity index is 2.11. The molecule has 3 heteroatoms. The first-order valence-corrected chi connectivity index (χ1v) is 6.08. The summed E-state index contributed by atoms with van der Waals surface area (Å²) in [6.07, 6.45) is 1.76. The first-order valence-electron chi connectivity index (χ1n) is 6.08. The summed E-state index contributed by atoms with van der Waals surface area (Å²) in [5, 5.41) is 1.06. The van der Waals surface area contributed by atoms with Crippen LogP contribution in [0.1, 0.15) is 5.56 Å². The van der Waals surface area contributed by atoms with Gasteiger partial charge < -0.3 is 5.73 Å². The maximum atomic E-state index is 6.04. The van der Waals surface area contributed by atoms with Gasteiger partial charge in [-0.05, 0) is 12.1 Å². The molecule has 0 saturated carbocycles. The normalized spacial score (nSPS) is 11.7. The van der Waals surface area contributed by atoms with Crippen LogP contribution in [0.3, 0.4) is 0 Å². The van der Waals surface area contributed by atoms with E-state index in [2.05, 4.69) is 9.98 Å². The third kappa shape index (κ3) is 2.31. The van der Waals surface area contributed by atoms with Gasteiger partial charge in [-0.3, -0.25) is 4.98 Å². The van der Waals surface area contributed by atoms with Crippen LogP contribution in [0.2, 0.25) is 0 Å². The molecule has 3 nitrogen and oxygen atoms in total. The molecule has 2 N–H and O–H groups in total. The molecule has 0 aliphatic heterocycles. The Morgan fingerprint density at radius 2 is 1.68 bits per heavy atom. The number of fused-ring (bicyclic) bond motifs is 1. The number of aliphatic imine (C=N–C) groups is 1. The van der Waals surface area contributed by atoms with Crippen LogP contribution in [0.15, 0.2) is 71.9 Å². The molecule has 3 rings (SSSR count). The van der Waals surface area contributed by atoms with Crippen LogP contribution in [0.4, 0.5) is 5.69 Å². The van der Waals surface area contributed by atoms with Crippen molar-refractivity contribution in [2.24, 2.45) is 10.7 Å². The van der Waals surface area contributed by atoms with Crippen LogP contribution in [-0.2, 0) is 0 Å². The van der Waals surface area contributed by atoms with Crippen LogP contribution in [0.25, 0.3) is 10.9 Å². The molecule has 1 heterocycles. The lowest BCUT2D eigenvalue weighted by Gasteiger charge is -2.03. The third-order valence-electron chi connectivity index (χ3n) is 2.92. The van der Waals surface area contributed by atoms with Crippen molar-refractivity contribution in [3.63, 3.8) is 0 Å². The van der Waals surface area contributed by atoms with Gasteiger partial charge in [-0.1, -0.05) is 48.5 Å². The lowest BCUT2D eigenvalue weighted by atomic mass is 10.2. The van der Waals surface area contributed by atoms with Crippen LogP contribution in [0, 0.1) is 0 Å². The summed E-state index contributed by atoms with van der Waals surface area (Å²) in [6, 6.07) is 19.5. The highest BCUT2D eigenvalue weighted by Crippen LogP contribution is 2.23. The van der Waals surface area contributed by atoms with E-state index in [4.69, 9.17) is 5.73 Å². The average Bonchev–Trinajstić information content (AvgIpc) is 2.48. The molecule has 0 bridgehead atoms. The fourth-order valence-corrected chi connectivity index (χ4v) is 1.98. The molecular weight excluding hydrogens is 234 g/mol. The number of amidine groups is 1. The molecule has 0 fully saturated rings. The monoisotopic (exact) mass is 247 g/mol. The number of pyridine rings is 1. The lowest BCUT2D eigenvalue weighted by molar-refractivity contribution is 1.38. The molecule has 3 aromatic rings. The van der Waals surface area contributed by atoms with Gasteiger partial charge in [0.2, 0.25) is 0 Å². The Morgan fingerprint density at radius 1 is 0.895 bits per heavy atom. The van der Waals surface area contributed by atoms with E-state index in [0.29, 0.717) is 5.84 Å². The molecule has 0 spiro atoms. The fourth-order valence-electron chi connectivity index (χ4n) is 1.98. The van der Waals surface area contributed by atoms with Gasteiger partial charge in [0, 0.05) is 17.1 Å². The average molecular weight is 247 g/mol. The number of para-hydroxylation sites is 1. The summed E-state index contributed by atoms with van der Waals surface area (Å²) in [6.45, 7) is 0. The van der Waals surface area contributed by atoms with E-state index in [0.717, 1.165) is 22.2 Å². The number of hydrogen-bond donors (Lipinski definition) is 1. The van der Waals surface area contributed by atoms with Crippen molar-refractivity contribution in [3.8, 4) is 0 Å². The van der Waals surface area contributed by atoms with E-state index in [-0.39, 0.29) is 0 Å². The highest BCUT2D eigenvalue weighted by molar-refractivity contribution is 6.01. The molecule has 0 aliphatic rings. The molecule has 19 heavy (non-hydrogen) atoms. The topological polar surface area (TPSA) is 51.3 Å². The predicted octanol–water partition coefficient (Wildman–Crippen LogP) is 3.27. The van der Waals surface area contributed by atoms with Crippen molar-refractivity contribution >= 4 is 22.4 Å². The van der Waals surface area contributed by atoms with Crippen molar-refractivity contribution in [3.05, 3.63) is 72.4 Å². The van der Waals surface area contributed by atoms with Crippen molar-refractivity contribution < 1.29 is 0 Å². The van der Waals surface area contributed by atoms with Crippen molar-refractivity contribution in [2.45, 2.75) is 0 Å². The number of nitrogens with zero attached hydrogens (tertiary/aromatic N) is 2. The van der Waals surface area contributed by atoms with Gasteiger partial charge in [0.05, 0.1) is 11.2 Å². The Bertz CT molecular complexity index is 728. The van der Waals surface area contributed by atoms with E-state index in [9.17, 15) is 0 Å². The van der Waals surface area contributed by atoms with Crippen LogP contribution in [-0.4, -0.2) is 10.8 Å². The SMILES string of the molecule is NC(=Nc1cccc2cccnc12)c1ccccc1. The number of benzene rings is 2. The Kier molecular flexibility index (Phi) is 2.94. The molecule has 2 aromatic carbocycles. The smallest absolute Gasteiger partial charge is 0.131 e. The minimum atomic E-state index is 0.499. The van der Waals surface area contributed by atoms with Gasteiger partial charge in [0.25, 0.3) is 0 Å². The van der Waals surface area contributed by atoms with E-state index in [1.807, 2.05) is 60.7 Å². The molecule has 92 valence electrons. The van der Waals surface area contributed by atoms with Crippen LogP contribution < -0.4 is 5.73 Å². The summed E-state index contributed by atoms with van der Waals surface area (Å²) in [5.74, 6) is 0.499. The molecule has 0 aliphatic carbocycles. The number of aromatic nitrogens is 1. The molecule has 0 unspecified atom stereocenters. The Hall–Kier alpha value is -2.68. The Labute approximate surface area is 111 Å². The summed E-state index contributed by atoms with van der Waals surface area (Å²) in [4.78, 5) is 8.85. The van der Waals surface area contributed by atoms with E-state index >= 15 is 0 Å². The predicted molar refractivity (Wildman–Crippen MR) is 78.6 cm³/mol. The van der Waals surface area contributed by atoms with Crippen molar-refractivity contribution in [1.29, 1.82) is 0 Å². The third-order valence-corrected chi connectivity index (χ3v) is 2.92. The van der Waals surface area contributed by atoms with Crippen molar-refractivity contribution in [2.75, 3.05) is 0 Å². The molecule has 0 atom stereocenters. The largest absolute Gasteiger partial charge is 0.383 e. The van der Waals surface area contributed by atoms with Gasteiger partial charge >= 0.3 is 0 Å². The minimum absolute atomic E-state index is 0.499. The quantitative estimate of drug-likeness (QED) is 0.558. The summed E-state index contributed by atoms with van der Waals surface area (Å²) in [5.41, 5.74) is 8.61. The second-order valence-electron chi connectivity index (χ2n) is 4.22. The number of hydrogen-bond acceptors (Lipinski definition) is 2. The number of nitrogens with two attached hydrogens (primary N) is 1. The van der Waals surface area contributed by atoms with E-state index < -0.39 is 0 Å². The second kappa shape index (κ2) is 4.90. The first-order chi connectivity index (χ1) is 9.34. The van der Waals surface area contributed by atoms with E-state index in [1.54, 1.807) is 6.20 Å². The van der Waals surface area contributed by atoms with Gasteiger partial charge in [-0.25, -0.2) is 4.99 Å². The van der Waals surface area contributed by atoms with Crippen molar-refractivity contribution in [1.82, 2.24) is 4.98 Å². The van der Waals surface area contributed by atoms with Gasteiger partial charge in [0.15, 0.2) is 0 Å². The van der Waals surface area contributed by atoms with E-state index in [1.165, 1.54) is 0 Å². The maximum Gasteiger partial charge on any atom is 0.131 e. The second-order valence-corrected chi connectivity index (χ2v) is 4.22. The Morgan fingerprint density at radius 3 is 2.53 bits per heavy atom. The highest BCUT2D eigenvalue weighted by atomic mass is 14.9. The van der Waals surface area contributed by atoms with Gasteiger partial charge in [-0.2, -0.15) is 0 Å². The molecule has 0 radical (unpaired) electrons.